The molecule has 2 aliphatic heterocycles. The maximum Gasteiger partial charge on any atom is 0.0729 e. The van der Waals surface area contributed by atoms with Gasteiger partial charge in [-0.15, -0.1) is 11.8 Å². The molecule has 2 heterocycles. The number of benzene rings is 1. The lowest BCUT2D eigenvalue weighted by molar-refractivity contribution is 0.276. The molecule has 0 N–H and O–H groups in total. The molecule has 4 heteroatoms. The van der Waals surface area contributed by atoms with Crippen LogP contribution in [0, 0.1) is 0 Å². The van der Waals surface area contributed by atoms with Crippen molar-refractivity contribution in [3.8, 4) is 0 Å². The summed E-state index contributed by atoms with van der Waals surface area (Å²) in [4.78, 5) is 2.51. The lowest BCUT2D eigenvalue weighted by Gasteiger charge is -2.35. The number of thioether (sulfide) groups is 1. The molecule has 1 atom stereocenters. The number of hydrogen-bond donors (Lipinski definition) is 0. The highest BCUT2D eigenvalue weighted by Gasteiger charge is 2.26. The molecule has 1 aromatic carbocycles. The molecule has 0 unspecified atom stereocenters. The number of nitrogens with zero attached hydrogens (tertiary/aromatic N) is 1. The van der Waals surface area contributed by atoms with Gasteiger partial charge in [-0.2, -0.15) is 0 Å². The lowest BCUT2D eigenvalue weighted by atomic mass is 10.0. The molecule has 1 nitrogen and oxygen atoms in total. The van der Waals surface area contributed by atoms with E-state index in [4.69, 9.17) is 23.8 Å². The number of rotatable bonds is 2. The minimum atomic E-state index is 0.359. The first-order valence-corrected chi connectivity index (χ1v) is 8.81. The Balaban J connectivity index is 1.81. The molecular weight excluding hydrogens is 306 g/mol. The lowest BCUT2D eigenvalue weighted by Crippen LogP contribution is -2.31. The Kier molecular flexibility index (Phi) is 4.69. The van der Waals surface area contributed by atoms with Crippen molar-refractivity contribution in [3.63, 3.8) is 0 Å². The minimum Gasteiger partial charge on any atom is -0.375 e. The Bertz CT molecular complexity index is 535. The number of likely N-dealkylation sites (tertiary alicyclic amines) is 1. The van der Waals surface area contributed by atoms with Crippen molar-refractivity contribution < 1.29 is 0 Å². The van der Waals surface area contributed by atoms with Crippen LogP contribution in [0.15, 0.2) is 36.0 Å². The van der Waals surface area contributed by atoms with E-state index in [0.29, 0.717) is 5.25 Å². The van der Waals surface area contributed by atoms with E-state index in [0.717, 1.165) is 15.6 Å². The van der Waals surface area contributed by atoms with Crippen LogP contribution in [-0.2, 0) is 0 Å². The summed E-state index contributed by atoms with van der Waals surface area (Å²) in [5.74, 6) is 0. The van der Waals surface area contributed by atoms with Crippen molar-refractivity contribution in [1.82, 2.24) is 4.90 Å². The third-order valence-electron chi connectivity index (χ3n) is 3.95. The minimum absolute atomic E-state index is 0.359. The molecule has 0 bridgehead atoms. The van der Waals surface area contributed by atoms with E-state index in [1.54, 1.807) is 11.8 Å². The van der Waals surface area contributed by atoms with E-state index < -0.39 is 0 Å². The fraction of sp³-hybridized carbons (Fsp3) is 0.438. The largest absolute Gasteiger partial charge is 0.375 e. The molecule has 0 amide bonds. The summed E-state index contributed by atoms with van der Waals surface area (Å²) >= 11 is 13.6. The molecule has 0 radical (unpaired) electrons. The van der Waals surface area contributed by atoms with Gasteiger partial charge in [-0.25, -0.2) is 0 Å². The number of halogens is 1. The summed E-state index contributed by atoms with van der Waals surface area (Å²) in [5, 5.41) is 1.21. The molecule has 1 aromatic rings. The van der Waals surface area contributed by atoms with Crippen molar-refractivity contribution in [2.45, 2.75) is 30.9 Å². The van der Waals surface area contributed by atoms with Crippen LogP contribution in [0.3, 0.4) is 0 Å². The second-order valence-electron chi connectivity index (χ2n) is 5.33. The van der Waals surface area contributed by atoms with Gasteiger partial charge in [0.25, 0.3) is 0 Å². The number of thiocarbonyl (C=S) groups is 1. The van der Waals surface area contributed by atoms with Gasteiger partial charge in [-0.1, -0.05) is 42.0 Å². The zero-order valence-electron chi connectivity index (χ0n) is 11.3. The van der Waals surface area contributed by atoms with E-state index in [2.05, 4.69) is 23.1 Å². The summed E-state index contributed by atoms with van der Waals surface area (Å²) in [6.45, 7) is 2.35. The Morgan fingerprint density at radius 2 is 1.90 bits per heavy atom. The highest BCUT2D eigenvalue weighted by Crippen LogP contribution is 2.43. The quantitative estimate of drug-likeness (QED) is 0.687. The second kappa shape index (κ2) is 6.50. The zero-order valence-corrected chi connectivity index (χ0v) is 13.7. The maximum atomic E-state index is 6.35. The van der Waals surface area contributed by atoms with Crippen molar-refractivity contribution >= 4 is 39.8 Å². The number of piperidine rings is 1. The van der Waals surface area contributed by atoms with E-state index in [1.165, 1.54) is 43.6 Å². The normalized spacial score (nSPS) is 23.6. The van der Waals surface area contributed by atoms with Crippen LogP contribution in [0.25, 0.3) is 0 Å². The third kappa shape index (κ3) is 3.21. The summed E-state index contributed by atoms with van der Waals surface area (Å²) in [5.41, 5.74) is 2.61. The van der Waals surface area contributed by atoms with Crippen LogP contribution in [-0.4, -0.2) is 22.2 Å². The average Bonchev–Trinajstić information content (AvgIpc) is 2.48. The van der Waals surface area contributed by atoms with E-state index in [9.17, 15) is 0 Å². The molecule has 20 heavy (non-hydrogen) atoms. The van der Waals surface area contributed by atoms with Crippen LogP contribution < -0.4 is 0 Å². The molecule has 1 saturated heterocycles. The van der Waals surface area contributed by atoms with Crippen LogP contribution in [0.2, 0.25) is 5.02 Å². The average molecular weight is 324 g/mol. The molecule has 0 saturated carbocycles. The topological polar surface area (TPSA) is 3.24 Å². The van der Waals surface area contributed by atoms with Gasteiger partial charge in [0.2, 0.25) is 0 Å². The molecule has 3 rings (SSSR count). The molecule has 2 aliphatic rings. The van der Waals surface area contributed by atoms with Crippen molar-refractivity contribution in [2.24, 2.45) is 0 Å². The Morgan fingerprint density at radius 3 is 2.65 bits per heavy atom. The molecule has 0 aliphatic carbocycles. The van der Waals surface area contributed by atoms with Gasteiger partial charge in [-0.05, 0) is 37.0 Å². The Labute approximate surface area is 135 Å². The van der Waals surface area contributed by atoms with Crippen molar-refractivity contribution in [3.05, 3.63) is 46.6 Å². The molecular formula is C16H18ClNS2. The molecule has 0 spiro atoms. The summed E-state index contributed by atoms with van der Waals surface area (Å²) in [6, 6.07) is 8.14. The van der Waals surface area contributed by atoms with E-state index in [1.807, 2.05) is 12.1 Å². The van der Waals surface area contributed by atoms with Crippen LogP contribution in [0.4, 0.5) is 0 Å². The van der Waals surface area contributed by atoms with Gasteiger partial charge in [0, 0.05) is 35.5 Å². The zero-order chi connectivity index (χ0) is 13.9. The predicted molar refractivity (Wildman–Crippen MR) is 92.5 cm³/mol. The fourth-order valence-corrected chi connectivity index (χ4v) is 4.80. The van der Waals surface area contributed by atoms with Gasteiger partial charge in [-0.3, -0.25) is 0 Å². The highest BCUT2D eigenvalue weighted by atomic mass is 35.5. The standard InChI is InChI=1S/C16H18ClNS2/c17-14-7-3-2-6-13(14)15-10-12(11-16(19)20-15)18-8-4-1-5-9-18/h2-3,6-7,11,15H,1,4-5,8-10H2/t15-/m1/s1. The van der Waals surface area contributed by atoms with Gasteiger partial charge in [0.15, 0.2) is 0 Å². The summed E-state index contributed by atoms with van der Waals surface area (Å²) < 4.78 is 0.988. The fourth-order valence-electron chi connectivity index (χ4n) is 2.91. The van der Waals surface area contributed by atoms with Crippen molar-refractivity contribution in [2.75, 3.05) is 13.1 Å². The van der Waals surface area contributed by atoms with Gasteiger partial charge in [0.05, 0.1) is 4.20 Å². The van der Waals surface area contributed by atoms with Gasteiger partial charge < -0.3 is 4.90 Å². The molecule has 0 aromatic heterocycles. The van der Waals surface area contributed by atoms with E-state index >= 15 is 0 Å². The molecule has 106 valence electrons. The Morgan fingerprint density at radius 1 is 1.15 bits per heavy atom. The molecule has 1 fully saturated rings. The Hall–Kier alpha value is -0.510. The SMILES string of the molecule is S=C1C=C(N2CCCCC2)C[C@H](c2ccccc2Cl)S1. The first kappa shape index (κ1) is 14.4. The number of allylic oxidation sites excluding steroid dienone is 1. The van der Waals surface area contributed by atoms with Crippen LogP contribution in [0.1, 0.15) is 36.5 Å². The number of hydrogen-bond acceptors (Lipinski definition) is 3. The van der Waals surface area contributed by atoms with Gasteiger partial charge >= 0.3 is 0 Å². The van der Waals surface area contributed by atoms with Crippen LogP contribution in [0.5, 0.6) is 0 Å². The monoisotopic (exact) mass is 323 g/mol. The van der Waals surface area contributed by atoms with Crippen molar-refractivity contribution in [1.29, 1.82) is 0 Å². The smallest absolute Gasteiger partial charge is 0.0729 e. The third-order valence-corrected chi connectivity index (χ3v) is 5.76. The van der Waals surface area contributed by atoms with Gasteiger partial charge in [0.1, 0.15) is 0 Å². The summed E-state index contributed by atoms with van der Waals surface area (Å²) in [7, 11) is 0. The second-order valence-corrected chi connectivity index (χ2v) is 7.68. The first-order valence-electron chi connectivity index (χ1n) is 7.14. The van der Waals surface area contributed by atoms with Crippen LogP contribution >= 0.6 is 35.6 Å². The predicted octanol–water partition coefficient (Wildman–Crippen LogP) is 5.22. The maximum absolute atomic E-state index is 6.35. The first-order chi connectivity index (χ1) is 9.74. The summed E-state index contributed by atoms with van der Waals surface area (Å²) in [6.07, 6.45) is 7.19. The van der Waals surface area contributed by atoms with E-state index in [-0.39, 0.29) is 0 Å². The highest BCUT2D eigenvalue weighted by molar-refractivity contribution is 8.23.